The molecule has 0 aliphatic carbocycles. The van der Waals surface area contributed by atoms with Gasteiger partial charge in [-0.05, 0) is 45.1 Å². The Balaban J connectivity index is 2.54. The van der Waals surface area contributed by atoms with Crippen LogP contribution in [0.25, 0.3) is 0 Å². The number of rotatable bonds is 4. The molecule has 5 nitrogen and oxygen atoms in total. The van der Waals surface area contributed by atoms with Gasteiger partial charge in [-0.3, -0.25) is 9.59 Å². The first-order chi connectivity index (χ1) is 8.90. The van der Waals surface area contributed by atoms with Gasteiger partial charge in [0.05, 0.1) is 0 Å². The van der Waals surface area contributed by atoms with Gasteiger partial charge in [0.15, 0.2) is 0 Å². The minimum atomic E-state index is -0.632. The van der Waals surface area contributed by atoms with Crippen LogP contribution >= 0.6 is 0 Å². The molecule has 0 saturated carbocycles. The Morgan fingerprint density at radius 3 is 2.47 bits per heavy atom. The number of hydrogen-bond acceptors (Lipinski definition) is 3. The van der Waals surface area contributed by atoms with Gasteiger partial charge in [-0.15, -0.1) is 0 Å². The van der Waals surface area contributed by atoms with Gasteiger partial charge in [0, 0.05) is 18.8 Å². The topological polar surface area (TPSA) is 61.4 Å². The summed E-state index contributed by atoms with van der Waals surface area (Å²) < 4.78 is 0. The summed E-state index contributed by atoms with van der Waals surface area (Å²) in [6.07, 6.45) is 0. The number of hydrogen-bond donors (Lipinski definition) is 2. The lowest BCUT2D eigenvalue weighted by molar-refractivity contribution is -0.136. The molecule has 2 amide bonds. The highest BCUT2D eigenvalue weighted by atomic mass is 16.2. The molecule has 0 spiro atoms. The van der Waals surface area contributed by atoms with Crippen molar-refractivity contribution in [2.45, 2.75) is 13.8 Å². The van der Waals surface area contributed by atoms with Gasteiger partial charge in [0.2, 0.25) is 0 Å². The second-order valence-electron chi connectivity index (χ2n) is 4.83. The second kappa shape index (κ2) is 6.89. The number of benzene rings is 1. The van der Waals surface area contributed by atoms with Gasteiger partial charge in [-0.2, -0.15) is 0 Å². The van der Waals surface area contributed by atoms with Crippen molar-refractivity contribution in [3.8, 4) is 0 Å². The van der Waals surface area contributed by atoms with Gasteiger partial charge in [-0.1, -0.05) is 12.1 Å². The summed E-state index contributed by atoms with van der Waals surface area (Å²) >= 11 is 0. The van der Waals surface area contributed by atoms with E-state index in [1.807, 2.05) is 51.0 Å². The fraction of sp³-hybridized carbons (Fsp3) is 0.429. The van der Waals surface area contributed by atoms with Crippen LogP contribution in [0.2, 0.25) is 0 Å². The van der Waals surface area contributed by atoms with E-state index in [-0.39, 0.29) is 0 Å². The summed E-state index contributed by atoms with van der Waals surface area (Å²) in [5.41, 5.74) is 2.64. The minimum Gasteiger partial charge on any atom is -0.347 e. The first-order valence-corrected chi connectivity index (χ1v) is 6.21. The number of carbonyl (C=O) groups is 2. The van der Waals surface area contributed by atoms with Crippen molar-refractivity contribution in [2.24, 2.45) is 0 Å². The van der Waals surface area contributed by atoms with E-state index in [1.54, 1.807) is 0 Å². The Labute approximate surface area is 114 Å². The molecule has 0 heterocycles. The fourth-order valence-corrected chi connectivity index (χ4v) is 1.52. The summed E-state index contributed by atoms with van der Waals surface area (Å²) in [7, 11) is 3.81. The van der Waals surface area contributed by atoms with Crippen LogP contribution < -0.4 is 10.6 Å². The number of nitrogens with one attached hydrogen (secondary N) is 2. The zero-order valence-electron chi connectivity index (χ0n) is 11.9. The monoisotopic (exact) mass is 263 g/mol. The molecule has 104 valence electrons. The van der Waals surface area contributed by atoms with Crippen molar-refractivity contribution in [1.82, 2.24) is 10.2 Å². The van der Waals surface area contributed by atoms with Crippen LogP contribution in [-0.2, 0) is 9.59 Å². The van der Waals surface area contributed by atoms with Crippen LogP contribution in [-0.4, -0.2) is 43.9 Å². The fourth-order valence-electron chi connectivity index (χ4n) is 1.52. The van der Waals surface area contributed by atoms with Crippen LogP contribution in [0.5, 0.6) is 0 Å². The van der Waals surface area contributed by atoms with E-state index in [1.165, 1.54) is 0 Å². The molecule has 2 N–H and O–H groups in total. The van der Waals surface area contributed by atoms with Gasteiger partial charge in [0.25, 0.3) is 0 Å². The van der Waals surface area contributed by atoms with Crippen LogP contribution in [0.1, 0.15) is 11.1 Å². The summed E-state index contributed by atoms with van der Waals surface area (Å²) in [6.45, 7) is 4.97. The number of amides is 2. The molecule has 0 unspecified atom stereocenters. The van der Waals surface area contributed by atoms with Crippen molar-refractivity contribution >= 4 is 17.5 Å². The third-order valence-electron chi connectivity index (χ3n) is 2.69. The summed E-state index contributed by atoms with van der Waals surface area (Å²) in [5, 5.41) is 5.20. The first-order valence-electron chi connectivity index (χ1n) is 6.21. The average Bonchev–Trinajstić information content (AvgIpc) is 2.33. The molecule has 0 saturated heterocycles. The quantitative estimate of drug-likeness (QED) is 0.794. The lowest BCUT2D eigenvalue weighted by atomic mass is 10.1. The molecule has 5 heteroatoms. The number of aryl methyl sites for hydroxylation is 2. The molecular formula is C14H21N3O2. The van der Waals surface area contributed by atoms with Crippen LogP contribution in [0.3, 0.4) is 0 Å². The molecular weight excluding hydrogens is 242 g/mol. The molecule has 1 aromatic rings. The Morgan fingerprint density at radius 1 is 1.16 bits per heavy atom. The Bertz CT molecular complexity index is 470. The standard InChI is InChI=1S/C14H21N3O2/c1-10-5-6-11(2)12(9-10)16-14(19)13(18)15-7-8-17(3)4/h5-6,9H,7-8H2,1-4H3,(H,15,18)(H,16,19). The number of carbonyl (C=O) groups excluding carboxylic acids is 2. The minimum absolute atomic E-state index is 0.450. The molecule has 19 heavy (non-hydrogen) atoms. The molecule has 1 rings (SSSR count). The van der Waals surface area contributed by atoms with E-state index >= 15 is 0 Å². The predicted octanol–water partition coefficient (Wildman–Crippen LogP) is 0.920. The van der Waals surface area contributed by atoms with Crippen molar-refractivity contribution in [2.75, 3.05) is 32.5 Å². The average molecular weight is 263 g/mol. The van der Waals surface area contributed by atoms with Crippen molar-refractivity contribution < 1.29 is 9.59 Å². The molecule has 0 atom stereocenters. The summed E-state index contributed by atoms with van der Waals surface area (Å²) in [4.78, 5) is 25.2. The molecule has 0 aliphatic heterocycles. The largest absolute Gasteiger partial charge is 0.347 e. The van der Waals surface area contributed by atoms with Gasteiger partial charge < -0.3 is 15.5 Å². The van der Waals surface area contributed by atoms with Crippen LogP contribution in [0, 0.1) is 13.8 Å². The maximum absolute atomic E-state index is 11.7. The first kappa shape index (κ1) is 15.2. The zero-order valence-corrected chi connectivity index (χ0v) is 11.9. The van der Waals surface area contributed by atoms with Crippen LogP contribution in [0.4, 0.5) is 5.69 Å². The van der Waals surface area contributed by atoms with Crippen LogP contribution in [0.15, 0.2) is 18.2 Å². The molecule has 0 aromatic heterocycles. The Morgan fingerprint density at radius 2 is 1.84 bits per heavy atom. The maximum Gasteiger partial charge on any atom is 0.313 e. The van der Waals surface area contributed by atoms with Crippen molar-refractivity contribution in [1.29, 1.82) is 0 Å². The van der Waals surface area contributed by atoms with Gasteiger partial charge in [-0.25, -0.2) is 0 Å². The lowest BCUT2D eigenvalue weighted by Gasteiger charge is -2.11. The molecule has 1 aromatic carbocycles. The lowest BCUT2D eigenvalue weighted by Crippen LogP contribution is -2.38. The number of nitrogens with zero attached hydrogens (tertiary/aromatic N) is 1. The zero-order chi connectivity index (χ0) is 14.4. The summed E-state index contributed by atoms with van der Waals surface area (Å²) in [6, 6.07) is 5.72. The second-order valence-corrected chi connectivity index (χ2v) is 4.83. The number of anilines is 1. The number of likely N-dealkylation sites (N-methyl/N-ethyl adjacent to an activating group) is 1. The van der Waals surface area contributed by atoms with E-state index in [0.717, 1.165) is 11.1 Å². The highest BCUT2D eigenvalue weighted by Gasteiger charge is 2.14. The normalized spacial score (nSPS) is 10.4. The Hall–Kier alpha value is -1.88. The molecule has 0 radical (unpaired) electrons. The highest BCUT2D eigenvalue weighted by molar-refractivity contribution is 6.39. The molecule has 0 aliphatic rings. The molecule has 0 fully saturated rings. The van der Waals surface area contributed by atoms with Crippen molar-refractivity contribution in [3.05, 3.63) is 29.3 Å². The van der Waals surface area contributed by atoms with Gasteiger partial charge in [0.1, 0.15) is 0 Å². The van der Waals surface area contributed by atoms with E-state index in [2.05, 4.69) is 10.6 Å². The Kier molecular flexibility index (Phi) is 5.51. The summed E-state index contributed by atoms with van der Waals surface area (Å²) in [5.74, 6) is -1.24. The third-order valence-corrected chi connectivity index (χ3v) is 2.69. The third kappa shape index (κ3) is 5.09. The smallest absolute Gasteiger partial charge is 0.313 e. The highest BCUT2D eigenvalue weighted by Crippen LogP contribution is 2.15. The van der Waals surface area contributed by atoms with Gasteiger partial charge >= 0.3 is 11.8 Å². The van der Waals surface area contributed by atoms with E-state index in [9.17, 15) is 9.59 Å². The molecule has 0 bridgehead atoms. The van der Waals surface area contributed by atoms with E-state index in [0.29, 0.717) is 18.8 Å². The van der Waals surface area contributed by atoms with E-state index < -0.39 is 11.8 Å². The van der Waals surface area contributed by atoms with E-state index in [4.69, 9.17) is 0 Å². The van der Waals surface area contributed by atoms with Crippen molar-refractivity contribution in [3.63, 3.8) is 0 Å². The SMILES string of the molecule is Cc1ccc(C)c(NC(=O)C(=O)NCCN(C)C)c1. The predicted molar refractivity (Wildman–Crippen MR) is 76.1 cm³/mol. The maximum atomic E-state index is 11.7.